The second kappa shape index (κ2) is 2.83. The topological polar surface area (TPSA) is 8.81 Å². The predicted molar refractivity (Wildman–Crippen MR) is 61.6 cm³/mol. The van der Waals surface area contributed by atoms with Gasteiger partial charge >= 0.3 is 0 Å². The molecule has 3 rings (SSSR count). The first-order chi connectivity index (χ1) is 7.29. The number of hydrogen-bond acceptors (Lipinski definition) is 0. The molecule has 0 bridgehead atoms. The Hall–Kier alpha value is -1.83. The molecule has 0 aliphatic rings. The summed E-state index contributed by atoms with van der Waals surface area (Å²) in [6.07, 6.45) is 2.08. The number of aryl methyl sites for hydroxylation is 2. The van der Waals surface area contributed by atoms with Crippen molar-refractivity contribution in [2.75, 3.05) is 0 Å². The molecule has 0 saturated heterocycles. The van der Waals surface area contributed by atoms with Crippen molar-refractivity contribution >= 4 is 21.9 Å². The van der Waals surface area contributed by atoms with Gasteiger partial charge in [-0.1, -0.05) is 12.1 Å². The quantitative estimate of drug-likeness (QED) is 0.488. The van der Waals surface area contributed by atoms with Gasteiger partial charge in [0.25, 0.3) is 5.65 Å². The Morgan fingerprint density at radius 2 is 1.73 bits per heavy atom. The van der Waals surface area contributed by atoms with Gasteiger partial charge in [-0.25, -0.2) is 9.13 Å². The average molecular weight is 197 g/mol. The molecule has 2 heterocycles. The van der Waals surface area contributed by atoms with Gasteiger partial charge in [0.2, 0.25) is 0 Å². The lowest BCUT2D eigenvalue weighted by Crippen LogP contribution is -2.29. The van der Waals surface area contributed by atoms with Crippen LogP contribution in [0.1, 0.15) is 0 Å². The molecule has 2 nitrogen and oxygen atoms in total. The van der Waals surface area contributed by atoms with Crippen molar-refractivity contribution in [2.24, 2.45) is 14.1 Å². The largest absolute Gasteiger partial charge is 0.289 e. The summed E-state index contributed by atoms with van der Waals surface area (Å²) in [4.78, 5) is 0. The number of rotatable bonds is 0. The molecule has 0 unspecified atom stereocenters. The fourth-order valence-corrected chi connectivity index (χ4v) is 2.34. The van der Waals surface area contributed by atoms with E-state index in [1.807, 2.05) is 0 Å². The number of para-hydroxylation sites is 1. The number of nitrogens with zero attached hydrogens (tertiary/aromatic N) is 2. The van der Waals surface area contributed by atoms with Gasteiger partial charge in [-0.05, 0) is 24.3 Å². The van der Waals surface area contributed by atoms with Crippen LogP contribution in [0.3, 0.4) is 0 Å². The van der Waals surface area contributed by atoms with Crippen LogP contribution in [0, 0.1) is 0 Å². The van der Waals surface area contributed by atoms with Crippen molar-refractivity contribution in [1.82, 2.24) is 4.57 Å². The van der Waals surface area contributed by atoms with Crippen LogP contribution in [0.2, 0.25) is 0 Å². The molecule has 74 valence electrons. The monoisotopic (exact) mass is 197 g/mol. The number of aromatic nitrogens is 2. The summed E-state index contributed by atoms with van der Waals surface area (Å²) in [5.74, 6) is 0. The van der Waals surface area contributed by atoms with Crippen molar-refractivity contribution in [2.45, 2.75) is 0 Å². The molecule has 0 spiro atoms. The Morgan fingerprint density at radius 3 is 2.60 bits per heavy atom. The lowest BCUT2D eigenvalue weighted by atomic mass is 10.2. The summed E-state index contributed by atoms with van der Waals surface area (Å²) in [6, 6.07) is 12.8. The van der Waals surface area contributed by atoms with Crippen LogP contribution >= 0.6 is 0 Å². The van der Waals surface area contributed by atoms with Gasteiger partial charge < -0.3 is 0 Å². The van der Waals surface area contributed by atoms with Crippen LogP contribution in [0.4, 0.5) is 0 Å². The summed E-state index contributed by atoms with van der Waals surface area (Å²) in [5, 5.41) is 2.64. The summed E-state index contributed by atoms with van der Waals surface area (Å²) in [5.41, 5.74) is 2.55. The van der Waals surface area contributed by atoms with E-state index in [-0.39, 0.29) is 0 Å². The molecule has 0 fully saturated rings. The third-order valence-corrected chi connectivity index (χ3v) is 3.02. The highest BCUT2D eigenvalue weighted by atomic mass is 15.1. The molecule has 1 aromatic carbocycles. The number of pyridine rings is 1. The van der Waals surface area contributed by atoms with Crippen molar-refractivity contribution in [3.63, 3.8) is 0 Å². The van der Waals surface area contributed by atoms with Crippen LogP contribution in [-0.4, -0.2) is 4.57 Å². The molecule has 2 aromatic heterocycles. The first-order valence-electron chi connectivity index (χ1n) is 5.11. The van der Waals surface area contributed by atoms with E-state index in [0.29, 0.717) is 0 Å². The first-order valence-corrected chi connectivity index (χ1v) is 5.11. The highest BCUT2D eigenvalue weighted by molar-refractivity contribution is 6.05. The highest BCUT2D eigenvalue weighted by Crippen LogP contribution is 2.24. The molecule has 0 aliphatic carbocycles. The van der Waals surface area contributed by atoms with E-state index in [2.05, 4.69) is 65.8 Å². The van der Waals surface area contributed by atoms with E-state index in [0.717, 1.165) is 0 Å². The van der Waals surface area contributed by atoms with Gasteiger partial charge in [-0.2, -0.15) is 0 Å². The van der Waals surface area contributed by atoms with Crippen LogP contribution in [0.15, 0.2) is 42.6 Å². The molecule has 0 N–H and O–H groups in total. The summed E-state index contributed by atoms with van der Waals surface area (Å²) in [6.45, 7) is 0. The number of benzene rings is 1. The Labute approximate surface area is 88.4 Å². The Kier molecular flexibility index (Phi) is 1.60. The smallest absolute Gasteiger partial charge is 0.236 e. The third kappa shape index (κ3) is 1.02. The van der Waals surface area contributed by atoms with Crippen LogP contribution in [0.25, 0.3) is 21.9 Å². The lowest BCUT2D eigenvalue weighted by Gasteiger charge is -1.93. The van der Waals surface area contributed by atoms with E-state index in [4.69, 9.17) is 0 Å². The maximum Gasteiger partial charge on any atom is 0.289 e. The molecule has 3 aromatic rings. The van der Waals surface area contributed by atoms with Crippen molar-refractivity contribution < 1.29 is 4.57 Å². The van der Waals surface area contributed by atoms with E-state index in [1.54, 1.807) is 0 Å². The van der Waals surface area contributed by atoms with Gasteiger partial charge in [0.05, 0.1) is 25.7 Å². The highest BCUT2D eigenvalue weighted by Gasteiger charge is 2.15. The normalized spacial score (nSPS) is 11.3. The fourth-order valence-electron chi connectivity index (χ4n) is 2.34. The Morgan fingerprint density at radius 1 is 1.00 bits per heavy atom. The summed E-state index contributed by atoms with van der Waals surface area (Å²) < 4.78 is 4.40. The number of fused-ring (bicyclic) bond motifs is 3. The molecule has 0 aliphatic heterocycles. The average Bonchev–Trinajstić information content (AvgIpc) is 2.55. The van der Waals surface area contributed by atoms with Crippen LogP contribution in [-0.2, 0) is 14.1 Å². The van der Waals surface area contributed by atoms with Crippen LogP contribution < -0.4 is 4.57 Å². The van der Waals surface area contributed by atoms with Crippen molar-refractivity contribution in [3.05, 3.63) is 42.6 Å². The minimum absolute atomic E-state index is 1.26. The van der Waals surface area contributed by atoms with Crippen molar-refractivity contribution in [3.8, 4) is 0 Å². The zero-order valence-electron chi connectivity index (χ0n) is 8.94. The summed E-state index contributed by atoms with van der Waals surface area (Å²) in [7, 11) is 4.20. The SMILES string of the molecule is Cn1c2ccccc2c2ccc[n+](C)c21. The molecule has 0 saturated carbocycles. The third-order valence-electron chi connectivity index (χ3n) is 3.02. The molecular weight excluding hydrogens is 184 g/mol. The van der Waals surface area contributed by atoms with E-state index in [1.165, 1.54) is 21.9 Å². The molecule has 0 amide bonds. The first kappa shape index (κ1) is 8.48. The Balaban J connectivity index is 2.69. The van der Waals surface area contributed by atoms with E-state index < -0.39 is 0 Å². The Bertz CT molecular complexity index is 650. The van der Waals surface area contributed by atoms with E-state index in [9.17, 15) is 0 Å². The minimum Gasteiger partial charge on any atom is -0.236 e. The zero-order valence-corrected chi connectivity index (χ0v) is 8.94. The molecule has 0 radical (unpaired) electrons. The molecular formula is C13H13N2+. The molecule has 15 heavy (non-hydrogen) atoms. The fraction of sp³-hybridized carbons (Fsp3) is 0.154. The maximum absolute atomic E-state index is 2.24. The summed E-state index contributed by atoms with van der Waals surface area (Å²) >= 11 is 0. The molecule has 2 heteroatoms. The van der Waals surface area contributed by atoms with E-state index >= 15 is 0 Å². The minimum atomic E-state index is 1.26. The molecule has 0 atom stereocenters. The van der Waals surface area contributed by atoms with Gasteiger partial charge in [-0.3, -0.25) is 0 Å². The standard InChI is InChI=1S/C13H13N2/c1-14-9-5-7-11-10-6-3-4-8-12(10)15(2)13(11)14/h3-9H,1-2H3/q+1. The van der Waals surface area contributed by atoms with Crippen molar-refractivity contribution in [1.29, 1.82) is 0 Å². The maximum atomic E-state index is 2.24. The second-order valence-electron chi connectivity index (χ2n) is 3.93. The van der Waals surface area contributed by atoms with Gasteiger partial charge in [0, 0.05) is 5.39 Å². The van der Waals surface area contributed by atoms with Crippen LogP contribution in [0.5, 0.6) is 0 Å². The number of hydrogen-bond donors (Lipinski definition) is 0. The second-order valence-corrected chi connectivity index (χ2v) is 3.93. The zero-order chi connectivity index (χ0) is 10.4. The van der Waals surface area contributed by atoms with Gasteiger partial charge in [-0.15, -0.1) is 0 Å². The van der Waals surface area contributed by atoms with Gasteiger partial charge in [0.1, 0.15) is 5.52 Å². The van der Waals surface area contributed by atoms with Gasteiger partial charge in [0.15, 0.2) is 0 Å². The predicted octanol–water partition coefficient (Wildman–Crippen LogP) is 2.16. The lowest BCUT2D eigenvalue weighted by molar-refractivity contribution is -0.647.